The first-order valence-electron chi connectivity index (χ1n) is 9.80. The summed E-state index contributed by atoms with van der Waals surface area (Å²) in [6.07, 6.45) is 0. The van der Waals surface area contributed by atoms with E-state index in [9.17, 15) is 4.79 Å². The molecular formula is C23H27N2O3+. The highest BCUT2D eigenvalue weighted by molar-refractivity contribution is 5.84. The van der Waals surface area contributed by atoms with Crippen LogP contribution in [0.3, 0.4) is 0 Å². The van der Waals surface area contributed by atoms with Gasteiger partial charge in [-0.1, -0.05) is 18.2 Å². The van der Waals surface area contributed by atoms with Gasteiger partial charge in [0.2, 0.25) is 0 Å². The van der Waals surface area contributed by atoms with E-state index in [4.69, 9.17) is 9.15 Å². The number of quaternary nitrogens is 1. The third-order valence-electron chi connectivity index (χ3n) is 5.60. The van der Waals surface area contributed by atoms with Crippen LogP contribution in [-0.4, -0.2) is 33.3 Å². The predicted molar refractivity (Wildman–Crippen MR) is 112 cm³/mol. The Hall–Kier alpha value is -2.79. The van der Waals surface area contributed by atoms with E-state index in [0.717, 1.165) is 60.7 Å². The van der Waals surface area contributed by atoms with Gasteiger partial charge in [0.25, 0.3) is 0 Å². The molecule has 0 aliphatic carbocycles. The van der Waals surface area contributed by atoms with Crippen molar-refractivity contribution < 1.29 is 14.1 Å². The SMILES string of the molecule is COc1ccccc1N1CC[NH+](Cc2cc(=O)oc3cc(C)cc(C)c23)CC1. The molecule has 1 aliphatic heterocycles. The molecular weight excluding hydrogens is 352 g/mol. The second-order valence-electron chi connectivity index (χ2n) is 7.63. The molecule has 5 nitrogen and oxygen atoms in total. The topological polar surface area (TPSA) is 47.1 Å². The maximum absolute atomic E-state index is 12.1. The standard InChI is InChI=1S/C23H26N2O3/c1-16-12-17(2)23-18(14-22(26)28-21(23)13-16)15-24-8-10-25(11-9-24)19-6-4-5-7-20(19)27-3/h4-7,12-14H,8-11,15H2,1-3H3/p+1. The largest absolute Gasteiger partial charge is 0.495 e. The van der Waals surface area contributed by atoms with E-state index in [1.165, 1.54) is 10.5 Å². The van der Waals surface area contributed by atoms with Gasteiger partial charge in [-0.2, -0.15) is 0 Å². The Kier molecular flexibility index (Phi) is 5.09. The molecule has 0 unspecified atom stereocenters. The van der Waals surface area contributed by atoms with Gasteiger partial charge in [-0.25, -0.2) is 4.79 Å². The minimum Gasteiger partial charge on any atom is -0.495 e. The van der Waals surface area contributed by atoms with Gasteiger partial charge in [0.1, 0.15) is 17.9 Å². The number of fused-ring (bicyclic) bond motifs is 1. The van der Waals surface area contributed by atoms with Crippen LogP contribution in [-0.2, 0) is 6.54 Å². The van der Waals surface area contributed by atoms with Gasteiger partial charge in [0, 0.05) is 17.0 Å². The average Bonchev–Trinajstić information content (AvgIpc) is 2.67. The van der Waals surface area contributed by atoms with Crippen LogP contribution < -0.4 is 20.2 Å². The summed E-state index contributed by atoms with van der Waals surface area (Å²) in [4.78, 5) is 15.9. The molecule has 1 fully saturated rings. The van der Waals surface area contributed by atoms with Crippen LogP contribution in [0.1, 0.15) is 16.7 Å². The van der Waals surface area contributed by atoms with Crippen LogP contribution in [0, 0.1) is 13.8 Å². The van der Waals surface area contributed by atoms with Crippen molar-refractivity contribution in [3.8, 4) is 5.75 Å². The Labute approximate surface area is 165 Å². The lowest BCUT2D eigenvalue weighted by Gasteiger charge is -2.34. The van der Waals surface area contributed by atoms with Gasteiger partial charge in [0.05, 0.1) is 39.0 Å². The van der Waals surface area contributed by atoms with Crippen LogP contribution in [0.25, 0.3) is 11.0 Å². The van der Waals surface area contributed by atoms with Gasteiger partial charge in [-0.05, 0) is 43.2 Å². The number of rotatable bonds is 4. The summed E-state index contributed by atoms with van der Waals surface area (Å²) < 4.78 is 11.0. The normalized spacial score (nSPS) is 15.2. The summed E-state index contributed by atoms with van der Waals surface area (Å²) in [5.41, 5.74) is 4.96. The number of nitrogens with zero attached hydrogens (tertiary/aromatic N) is 1. The van der Waals surface area contributed by atoms with Crippen molar-refractivity contribution in [1.29, 1.82) is 0 Å². The predicted octanol–water partition coefficient (Wildman–Crippen LogP) is 2.32. The van der Waals surface area contributed by atoms with Crippen LogP contribution >= 0.6 is 0 Å². The van der Waals surface area contributed by atoms with Gasteiger partial charge in [-0.15, -0.1) is 0 Å². The number of piperazine rings is 1. The molecule has 1 N–H and O–H groups in total. The molecule has 3 aromatic rings. The van der Waals surface area contributed by atoms with Crippen molar-refractivity contribution in [2.24, 2.45) is 0 Å². The summed E-state index contributed by atoms with van der Waals surface area (Å²) in [6.45, 7) is 8.93. The number of nitrogens with one attached hydrogen (secondary N) is 1. The average molecular weight is 379 g/mol. The van der Waals surface area contributed by atoms with E-state index < -0.39 is 0 Å². The van der Waals surface area contributed by atoms with Gasteiger partial charge in [0.15, 0.2) is 0 Å². The number of benzene rings is 2. The molecule has 1 aromatic heterocycles. The molecule has 4 rings (SSSR count). The fourth-order valence-electron chi connectivity index (χ4n) is 4.31. The first-order chi connectivity index (χ1) is 13.5. The summed E-state index contributed by atoms with van der Waals surface area (Å²) in [7, 11) is 1.72. The molecule has 0 radical (unpaired) electrons. The van der Waals surface area contributed by atoms with E-state index in [1.54, 1.807) is 13.2 Å². The van der Waals surface area contributed by atoms with Crippen LogP contribution in [0.2, 0.25) is 0 Å². The van der Waals surface area contributed by atoms with E-state index in [1.807, 2.05) is 25.1 Å². The Balaban J connectivity index is 1.53. The summed E-state index contributed by atoms with van der Waals surface area (Å²) in [5.74, 6) is 0.920. The zero-order valence-electron chi connectivity index (χ0n) is 16.7. The van der Waals surface area contributed by atoms with E-state index >= 15 is 0 Å². The van der Waals surface area contributed by atoms with Gasteiger partial charge in [-0.3, -0.25) is 0 Å². The van der Waals surface area contributed by atoms with Gasteiger partial charge >= 0.3 is 5.63 Å². The summed E-state index contributed by atoms with van der Waals surface area (Å²) in [5, 5.41) is 1.09. The van der Waals surface area contributed by atoms with Crippen LogP contribution in [0.15, 0.2) is 51.7 Å². The molecule has 5 heteroatoms. The molecule has 146 valence electrons. The lowest BCUT2D eigenvalue weighted by Crippen LogP contribution is -3.13. The molecule has 28 heavy (non-hydrogen) atoms. The molecule has 0 atom stereocenters. The van der Waals surface area contributed by atoms with Crippen molar-refractivity contribution in [3.05, 3.63) is 69.6 Å². The van der Waals surface area contributed by atoms with Crippen molar-refractivity contribution in [2.75, 3.05) is 38.2 Å². The second-order valence-corrected chi connectivity index (χ2v) is 7.63. The molecule has 2 heterocycles. The first-order valence-corrected chi connectivity index (χ1v) is 9.80. The number of ether oxygens (including phenoxy) is 1. The number of anilines is 1. The summed E-state index contributed by atoms with van der Waals surface area (Å²) in [6, 6.07) is 14.0. The monoisotopic (exact) mass is 379 g/mol. The van der Waals surface area contributed by atoms with E-state index in [0.29, 0.717) is 5.58 Å². The van der Waals surface area contributed by atoms with Crippen molar-refractivity contribution >= 4 is 16.7 Å². The van der Waals surface area contributed by atoms with E-state index in [-0.39, 0.29) is 5.63 Å². The van der Waals surface area contributed by atoms with Crippen molar-refractivity contribution in [3.63, 3.8) is 0 Å². The maximum atomic E-state index is 12.1. The van der Waals surface area contributed by atoms with Crippen LogP contribution in [0.4, 0.5) is 5.69 Å². The molecule has 1 saturated heterocycles. The molecule has 0 saturated carbocycles. The highest BCUT2D eigenvalue weighted by Gasteiger charge is 2.23. The lowest BCUT2D eigenvalue weighted by molar-refractivity contribution is -0.914. The second kappa shape index (κ2) is 7.68. The Morgan fingerprint density at radius 2 is 1.86 bits per heavy atom. The minimum atomic E-state index is -0.264. The van der Waals surface area contributed by atoms with Crippen molar-refractivity contribution in [1.82, 2.24) is 0 Å². The zero-order valence-corrected chi connectivity index (χ0v) is 16.7. The fourth-order valence-corrected chi connectivity index (χ4v) is 4.31. The van der Waals surface area contributed by atoms with Crippen LogP contribution in [0.5, 0.6) is 5.75 Å². The Bertz CT molecular complexity index is 1050. The molecule has 0 spiro atoms. The Morgan fingerprint density at radius 1 is 1.11 bits per heavy atom. The van der Waals surface area contributed by atoms with E-state index in [2.05, 4.69) is 30.0 Å². The highest BCUT2D eigenvalue weighted by atomic mass is 16.5. The minimum absolute atomic E-state index is 0.264. The maximum Gasteiger partial charge on any atom is 0.336 e. The Morgan fingerprint density at radius 3 is 2.61 bits per heavy atom. The fraction of sp³-hybridized carbons (Fsp3) is 0.348. The number of hydrogen-bond acceptors (Lipinski definition) is 4. The first kappa shape index (κ1) is 18.6. The molecule has 2 aromatic carbocycles. The number of aryl methyl sites for hydroxylation is 2. The van der Waals surface area contributed by atoms with Gasteiger partial charge < -0.3 is 19.0 Å². The molecule has 0 amide bonds. The smallest absolute Gasteiger partial charge is 0.336 e. The molecule has 1 aliphatic rings. The molecule has 0 bridgehead atoms. The number of hydrogen-bond donors (Lipinski definition) is 1. The summed E-state index contributed by atoms with van der Waals surface area (Å²) >= 11 is 0. The zero-order chi connectivity index (χ0) is 19.7. The third kappa shape index (κ3) is 3.62. The number of para-hydroxylation sites is 2. The highest BCUT2D eigenvalue weighted by Crippen LogP contribution is 2.27. The lowest BCUT2D eigenvalue weighted by atomic mass is 10.0. The quantitative estimate of drug-likeness (QED) is 0.707. The van der Waals surface area contributed by atoms with Crippen molar-refractivity contribution in [2.45, 2.75) is 20.4 Å². The third-order valence-corrected chi connectivity index (χ3v) is 5.60. The number of methoxy groups -OCH3 is 1.